The maximum Gasteiger partial charge on any atom is 0.323 e. The first-order chi connectivity index (χ1) is 9.67. The fraction of sp³-hybridized carbons (Fsp3) is 0.769. The van der Waals surface area contributed by atoms with Crippen LogP contribution in [0.3, 0.4) is 0 Å². The van der Waals surface area contributed by atoms with Gasteiger partial charge < -0.3 is 15.4 Å². The maximum absolute atomic E-state index is 5.72. The van der Waals surface area contributed by atoms with Crippen LogP contribution in [-0.4, -0.2) is 58.7 Å². The predicted octanol–water partition coefficient (Wildman–Crippen LogP) is 0.773. The van der Waals surface area contributed by atoms with Crippen molar-refractivity contribution in [3.05, 3.63) is 0 Å². The van der Waals surface area contributed by atoms with Crippen molar-refractivity contribution in [1.29, 1.82) is 0 Å². The van der Waals surface area contributed by atoms with E-state index in [1.807, 2.05) is 6.92 Å². The van der Waals surface area contributed by atoms with E-state index in [4.69, 9.17) is 10.5 Å². The predicted molar refractivity (Wildman–Crippen MR) is 78.9 cm³/mol. The lowest BCUT2D eigenvalue weighted by Crippen LogP contribution is -2.37. The van der Waals surface area contributed by atoms with E-state index in [0.717, 1.165) is 32.6 Å². The topological polar surface area (TPSA) is 80.4 Å². The molecule has 0 spiro atoms. The summed E-state index contributed by atoms with van der Waals surface area (Å²) in [6.07, 6.45) is 1.12. The van der Waals surface area contributed by atoms with Crippen molar-refractivity contribution in [2.24, 2.45) is 0 Å². The Bertz CT molecular complexity index is 437. The molecule has 1 aromatic heterocycles. The second-order valence-corrected chi connectivity index (χ2v) is 4.82. The molecule has 0 amide bonds. The zero-order valence-electron chi connectivity index (χ0n) is 12.5. The highest BCUT2D eigenvalue weighted by molar-refractivity contribution is 5.37. The molecule has 0 aliphatic carbocycles. The number of ether oxygens (including phenoxy) is 1. The molecule has 1 aliphatic heterocycles. The SMILES string of the molecule is CCOc1nc(N)nc(N2CCC(N(CC)CC)C2)n1. The highest BCUT2D eigenvalue weighted by atomic mass is 16.5. The average Bonchev–Trinajstić information content (AvgIpc) is 2.90. The van der Waals surface area contributed by atoms with Crippen molar-refractivity contribution in [3.8, 4) is 6.01 Å². The Morgan fingerprint density at radius 3 is 2.65 bits per heavy atom. The fourth-order valence-electron chi connectivity index (χ4n) is 2.66. The van der Waals surface area contributed by atoms with Gasteiger partial charge in [0.2, 0.25) is 11.9 Å². The summed E-state index contributed by atoms with van der Waals surface area (Å²) in [6.45, 7) is 10.8. The van der Waals surface area contributed by atoms with Crippen LogP contribution >= 0.6 is 0 Å². The van der Waals surface area contributed by atoms with Gasteiger partial charge in [-0.15, -0.1) is 0 Å². The molecule has 2 heterocycles. The summed E-state index contributed by atoms with van der Waals surface area (Å²) in [4.78, 5) is 17.2. The second kappa shape index (κ2) is 6.69. The molecular formula is C13H24N6O. The zero-order valence-corrected chi connectivity index (χ0v) is 12.5. The van der Waals surface area contributed by atoms with Gasteiger partial charge in [0, 0.05) is 19.1 Å². The van der Waals surface area contributed by atoms with Crippen molar-refractivity contribution in [1.82, 2.24) is 19.9 Å². The summed E-state index contributed by atoms with van der Waals surface area (Å²) in [6, 6.07) is 0.861. The first-order valence-corrected chi connectivity index (χ1v) is 7.31. The van der Waals surface area contributed by atoms with Crippen molar-refractivity contribution in [2.45, 2.75) is 33.2 Å². The number of nitrogens with two attached hydrogens (primary N) is 1. The number of aromatic nitrogens is 3. The molecular weight excluding hydrogens is 256 g/mol. The minimum absolute atomic E-state index is 0.213. The summed E-state index contributed by atoms with van der Waals surface area (Å²) in [5, 5.41) is 0. The standard InChI is InChI=1S/C13H24N6O/c1-4-18(5-2)10-7-8-19(9-10)12-15-11(14)16-13(17-12)20-6-3/h10H,4-9H2,1-3H3,(H2,14,15,16,17). The summed E-state index contributed by atoms with van der Waals surface area (Å²) in [5.74, 6) is 0.834. The van der Waals surface area contributed by atoms with Gasteiger partial charge in [0.25, 0.3) is 0 Å². The van der Waals surface area contributed by atoms with Gasteiger partial charge >= 0.3 is 6.01 Å². The van der Waals surface area contributed by atoms with Crippen molar-refractivity contribution in [2.75, 3.05) is 43.4 Å². The van der Waals surface area contributed by atoms with E-state index in [1.54, 1.807) is 0 Å². The van der Waals surface area contributed by atoms with Gasteiger partial charge in [-0.25, -0.2) is 0 Å². The molecule has 2 N–H and O–H groups in total. The lowest BCUT2D eigenvalue weighted by molar-refractivity contribution is 0.232. The Kier molecular flexibility index (Phi) is 4.94. The molecule has 0 radical (unpaired) electrons. The molecule has 0 bridgehead atoms. The van der Waals surface area contributed by atoms with Crippen LogP contribution in [-0.2, 0) is 0 Å². The third-order valence-corrected chi connectivity index (χ3v) is 3.67. The zero-order chi connectivity index (χ0) is 14.5. The van der Waals surface area contributed by atoms with Gasteiger partial charge in [-0.1, -0.05) is 13.8 Å². The minimum Gasteiger partial charge on any atom is -0.464 e. The van der Waals surface area contributed by atoms with Crippen LogP contribution in [0.4, 0.5) is 11.9 Å². The van der Waals surface area contributed by atoms with Gasteiger partial charge in [-0.3, -0.25) is 4.90 Å². The number of nitrogen functional groups attached to an aromatic ring is 1. The van der Waals surface area contributed by atoms with E-state index in [1.165, 1.54) is 0 Å². The summed E-state index contributed by atoms with van der Waals surface area (Å²) < 4.78 is 5.32. The van der Waals surface area contributed by atoms with Gasteiger partial charge in [-0.05, 0) is 26.4 Å². The molecule has 0 aromatic carbocycles. The first kappa shape index (κ1) is 14.8. The quantitative estimate of drug-likeness (QED) is 0.824. The smallest absolute Gasteiger partial charge is 0.323 e. The Labute approximate surface area is 120 Å². The van der Waals surface area contributed by atoms with Crippen LogP contribution in [0, 0.1) is 0 Å². The summed E-state index contributed by atoms with van der Waals surface area (Å²) in [5.41, 5.74) is 5.72. The van der Waals surface area contributed by atoms with Crippen LogP contribution in [0.25, 0.3) is 0 Å². The Morgan fingerprint density at radius 2 is 2.00 bits per heavy atom. The molecule has 1 aliphatic rings. The van der Waals surface area contributed by atoms with Crippen LogP contribution in [0.5, 0.6) is 6.01 Å². The summed E-state index contributed by atoms with van der Waals surface area (Å²) in [7, 11) is 0. The monoisotopic (exact) mass is 280 g/mol. The molecule has 7 nitrogen and oxygen atoms in total. The van der Waals surface area contributed by atoms with E-state index in [0.29, 0.717) is 24.6 Å². The number of nitrogens with zero attached hydrogens (tertiary/aromatic N) is 5. The van der Waals surface area contributed by atoms with E-state index in [-0.39, 0.29) is 5.95 Å². The lowest BCUT2D eigenvalue weighted by Gasteiger charge is -2.26. The molecule has 2 rings (SSSR count). The van der Waals surface area contributed by atoms with Crippen molar-refractivity contribution >= 4 is 11.9 Å². The number of hydrogen-bond acceptors (Lipinski definition) is 7. The van der Waals surface area contributed by atoms with Crippen LogP contribution in [0.2, 0.25) is 0 Å². The third kappa shape index (κ3) is 3.27. The van der Waals surface area contributed by atoms with E-state index < -0.39 is 0 Å². The Hall–Kier alpha value is -1.63. The lowest BCUT2D eigenvalue weighted by atomic mass is 10.2. The maximum atomic E-state index is 5.72. The van der Waals surface area contributed by atoms with Crippen LogP contribution in [0.1, 0.15) is 27.2 Å². The van der Waals surface area contributed by atoms with Gasteiger partial charge in [0.15, 0.2) is 0 Å². The fourth-order valence-corrected chi connectivity index (χ4v) is 2.66. The number of rotatable bonds is 6. The van der Waals surface area contributed by atoms with Gasteiger partial charge in [0.05, 0.1) is 6.61 Å². The third-order valence-electron chi connectivity index (χ3n) is 3.67. The molecule has 112 valence electrons. The van der Waals surface area contributed by atoms with Gasteiger partial charge in [0.1, 0.15) is 0 Å². The summed E-state index contributed by atoms with van der Waals surface area (Å²) >= 11 is 0. The van der Waals surface area contributed by atoms with Crippen molar-refractivity contribution in [3.63, 3.8) is 0 Å². The van der Waals surface area contributed by atoms with Crippen LogP contribution in [0.15, 0.2) is 0 Å². The molecule has 1 aromatic rings. The Balaban J connectivity index is 2.09. The minimum atomic E-state index is 0.213. The normalized spacial score (nSPS) is 18.8. The number of hydrogen-bond donors (Lipinski definition) is 1. The largest absolute Gasteiger partial charge is 0.464 e. The molecule has 20 heavy (non-hydrogen) atoms. The number of anilines is 2. The highest BCUT2D eigenvalue weighted by Gasteiger charge is 2.28. The number of likely N-dealkylation sites (N-methyl/N-ethyl adjacent to an activating group) is 1. The van der Waals surface area contributed by atoms with Crippen molar-refractivity contribution < 1.29 is 4.74 Å². The molecule has 1 atom stereocenters. The average molecular weight is 280 g/mol. The molecule has 7 heteroatoms. The molecule has 1 unspecified atom stereocenters. The van der Waals surface area contributed by atoms with E-state index >= 15 is 0 Å². The van der Waals surface area contributed by atoms with E-state index in [2.05, 4.69) is 38.6 Å². The highest BCUT2D eigenvalue weighted by Crippen LogP contribution is 2.21. The molecule has 0 saturated carbocycles. The van der Waals surface area contributed by atoms with Crippen LogP contribution < -0.4 is 15.4 Å². The Morgan fingerprint density at radius 1 is 1.25 bits per heavy atom. The van der Waals surface area contributed by atoms with Gasteiger partial charge in [-0.2, -0.15) is 15.0 Å². The van der Waals surface area contributed by atoms with E-state index in [9.17, 15) is 0 Å². The second-order valence-electron chi connectivity index (χ2n) is 4.82. The molecule has 1 fully saturated rings. The molecule has 1 saturated heterocycles. The first-order valence-electron chi connectivity index (χ1n) is 7.31.